The zero-order valence-corrected chi connectivity index (χ0v) is 17.4. The number of para-hydroxylation sites is 1. The number of hydrogen-bond donors (Lipinski definition) is 2. The molecule has 2 aromatic carbocycles. The van der Waals surface area contributed by atoms with Crippen molar-refractivity contribution >= 4 is 17.6 Å². The molecule has 0 aromatic heterocycles. The van der Waals surface area contributed by atoms with Crippen LogP contribution in [0.1, 0.15) is 74.9 Å². The smallest absolute Gasteiger partial charge is 0.347 e. The van der Waals surface area contributed by atoms with Crippen molar-refractivity contribution in [2.75, 3.05) is 5.32 Å². The van der Waals surface area contributed by atoms with Crippen molar-refractivity contribution in [1.29, 1.82) is 0 Å². The van der Waals surface area contributed by atoms with E-state index in [1.165, 1.54) is 13.8 Å². The van der Waals surface area contributed by atoms with Gasteiger partial charge in [0.1, 0.15) is 5.75 Å². The van der Waals surface area contributed by atoms with Gasteiger partial charge < -0.3 is 15.2 Å². The molecule has 0 fully saturated rings. The van der Waals surface area contributed by atoms with Gasteiger partial charge in [0, 0.05) is 11.3 Å². The van der Waals surface area contributed by atoms with E-state index in [2.05, 4.69) is 33.0 Å². The number of amides is 1. The first-order valence-corrected chi connectivity index (χ1v) is 9.49. The van der Waals surface area contributed by atoms with E-state index in [1.54, 1.807) is 24.3 Å². The zero-order chi connectivity index (χ0) is 21.1. The summed E-state index contributed by atoms with van der Waals surface area (Å²) in [7, 11) is 0. The number of carboxylic acid groups (broad SMARTS) is 1. The standard InChI is InChI=1S/C23H29NO4/c1-14(2)18-8-7-9-19(15(3)4)20(18)24-21(25)16-10-12-17(13-11-16)28-23(5,6)22(26)27/h7-15H,1-6H3,(H,24,25)(H,26,27). The molecule has 0 radical (unpaired) electrons. The maximum Gasteiger partial charge on any atom is 0.347 e. The van der Waals surface area contributed by atoms with Crippen molar-refractivity contribution in [1.82, 2.24) is 0 Å². The van der Waals surface area contributed by atoms with E-state index in [4.69, 9.17) is 9.84 Å². The molecule has 0 unspecified atom stereocenters. The number of carbonyl (C=O) groups excluding carboxylic acids is 1. The zero-order valence-electron chi connectivity index (χ0n) is 17.4. The average molecular weight is 383 g/mol. The minimum atomic E-state index is -1.34. The van der Waals surface area contributed by atoms with Gasteiger partial charge in [-0.05, 0) is 61.1 Å². The first kappa shape index (κ1) is 21.5. The maximum atomic E-state index is 12.8. The molecule has 0 saturated heterocycles. The van der Waals surface area contributed by atoms with Crippen LogP contribution in [0.3, 0.4) is 0 Å². The van der Waals surface area contributed by atoms with Crippen molar-refractivity contribution in [3.05, 3.63) is 59.2 Å². The highest BCUT2D eigenvalue weighted by atomic mass is 16.5. The molecule has 1 amide bonds. The van der Waals surface area contributed by atoms with Crippen LogP contribution in [-0.2, 0) is 4.79 Å². The third-order valence-corrected chi connectivity index (χ3v) is 4.62. The predicted octanol–water partition coefficient (Wildman–Crippen LogP) is 5.43. The Morgan fingerprint density at radius 2 is 1.43 bits per heavy atom. The van der Waals surface area contributed by atoms with E-state index < -0.39 is 11.6 Å². The quantitative estimate of drug-likeness (QED) is 0.669. The molecule has 150 valence electrons. The summed E-state index contributed by atoms with van der Waals surface area (Å²) in [4.78, 5) is 24.0. The van der Waals surface area contributed by atoms with Crippen LogP contribution < -0.4 is 10.1 Å². The Morgan fingerprint density at radius 1 is 0.929 bits per heavy atom. The van der Waals surface area contributed by atoms with Gasteiger partial charge in [0.25, 0.3) is 5.91 Å². The molecule has 5 nitrogen and oxygen atoms in total. The lowest BCUT2D eigenvalue weighted by atomic mass is 9.92. The largest absolute Gasteiger partial charge is 0.478 e. The second-order valence-corrected chi connectivity index (χ2v) is 8.02. The molecular formula is C23H29NO4. The monoisotopic (exact) mass is 383 g/mol. The maximum absolute atomic E-state index is 12.8. The molecule has 2 aromatic rings. The van der Waals surface area contributed by atoms with Gasteiger partial charge >= 0.3 is 5.97 Å². The number of ether oxygens (including phenoxy) is 1. The second kappa shape index (κ2) is 8.46. The van der Waals surface area contributed by atoms with Gasteiger partial charge in [0.15, 0.2) is 5.60 Å². The molecule has 0 bridgehead atoms. The van der Waals surface area contributed by atoms with E-state index in [1.807, 2.05) is 18.2 Å². The van der Waals surface area contributed by atoms with E-state index in [9.17, 15) is 9.59 Å². The molecule has 0 atom stereocenters. The number of carbonyl (C=O) groups is 2. The van der Waals surface area contributed by atoms with Crippen LogP contribution in [0.5, 0.6) is 5.75 Å². The van der Waals surface area contributed by atoms with Crippen LogP contribution in [0.15, 0.2) is 42.5 Å². The molecule has 0 spiro atoms. The summed E-state index contributed by atoms with van der Waals surface area (Å²) in [6.07, 6.45) is 0. The van der Waals surface area contributed by atoms with Gasteiger partial charge in [-0.3, -0.25) is 4.79 Å². The fourth-order valence-corrected chi connectivity index (χ4v) is 2.89. The second-order valence-electron chi connectivity index (χ2n) is 8.02. The van der Waals surface area contributed by atoms with Crippen molar-refractivity contribution in [3.8, 4) is 5.75 Å². The van der Waals surface area contributed by atoms with Crippen LogP contribution in [0.25, 0.3) is 0 Å². The molecule has 0 heterocycles. The van der Waals surface area contributed by atoms with Gasteiger partial charge in [-0.15, -0.1) is 0 Å². The summed E-state index contributed by atoms with van der Waals surface area (Å²) in [6.45, 7) is 11.4. The average Bonchev–Trinajstić information content (AvgIpc) is 2.61. The van der Waals surface area contributed by atoms with E-state index in [-0.39, 0.29) is 17.7 Å². The molecule has 5 heteroatoms. The Kier molecular flexibility index (Phi) is 6.49. The number of rotatable bonds is 7. The first-order valence-electron chi connectivity index (χ1n) is 9.49. The predicted molar refractivity (Wildman–Crippen MR) is 111 cm³/mol. The first-order chi connectivity index (χ1) is 13.0. The van der Waals surface area contributed by atoms with Gasteiger partial charge in [0.2, 0.25) is 0 Å². The molecule has 28 heavy (non-hydrogen) atoms. The van der Waals surface area contributed by atoms with Crippen molar-refractivity contribution in [3.63, 3.8) is 0 Å². The molecule has 0 aliphatic rings. The Morgan fingerprint density at radius 3 is 1.86 bits per heavy atom. The van der Waals surface area contributed by atoms with Gasteiger partial charge in [0.05, 0.1) is 0 Å². The highest BCUT2D eigenvalue weighted by Gasteiger charge is 2.29. The van der Waals surface area contributed by atoms with Crippen LogP contribution in [-0.4, -0.2) is 22.6 Å². The lowest BCUT2D eigenvalue weighted by Crippen LogP contribution is -2.37. The number of hydrogen-bond acceptors (Lipinski definition) is 3. The topological polar surface area (TPSA) is 75.6 Å². The minimum absolute atomic E-state index is 0.209. The summed E-state index contributed by atoms with van der Waals surface area (Å²) in [5.41, 5.74) is 2.20. The van der Waals surface area contributed by atoms with Crippen molar-refractivity contribution < 1.29 is 19.4 Å². The third-order valence-electron chi connectivity index (χ3n) is 4.62. The van der Waals surface area contributed by atoms with Crippen molar-refractivity contribution in [2.45, 2.75) is 59.0 Å². The fraction of sp³-hybridized carbons (Fsp3) is 0.391. The summed E-state index contributed by atoms with van der Waals surface area (Å²) < 4.78 is 5.49. The Balaban J connectivity index is 2.26. The van der Waals surface area contributed by atoms with Crippen LogP contribution in [0.2, 0.25) is 0 Å². The number of anilines is 1. The normalized spacial score (nSPS) is 11.6. The molecule has 2 N–H and O–H groups in total. The van der Waals surface area contributed by atoms with Gasteiger partial charge in [-0.1, -0.05) is 45.9 Å². The molecule has 0 aliphatic carbocycles. The minimum Gasteiger partial charge on any atom is -0.478 e. The van der Waals surface area contributed by atoms with E-state index >= 15 is 0 Å². The lowest BCUT2D eigenvalue weighted by molar-refractivity contribution is -0.152. The summed E-state index contributed by atoms with van der Waals surface area (Å²) >= 11 is 0. The molecule has 2 rings (SSSR count). The Bertz CT molecular complexity index is 825. The Hall–Kier alpha value is -2.82. The lowest BCUT2D eigenvalue weighted by Gasteiger charge is -2.22. The van der Waals surface area contributed by atoms with Crippen LogP contribution in [0.4, 0.5) is 5.69 Å². The number of nitrogens with one attached hydrogen (secondary N) is 1. The highest BCUT2D eigenvalue weighted by molar-refractivity contribution is 6.05. The van der Waals surface area contributed by atoms with E-state index in [0.717, 1.165) is 16.8 Å². The molecular weight excluding hydrogens is 354 g/mol. The Labute approximate surface area is 166 Å². The number of aliphatic carboxylic acids is 1. The number of benzene rings is 2. The third kappa shape index (κ3) is 4.91. The van der Waals surface area contributed by atoms with Crippen molar-refractivity contribution in [2.24, 2.45) is 0 Å². The molecule has 0 aliphatic heterocycles. The number of carboxylic acids is 1. The van der Waals surface area contributed by atoms with Crippen LogP contribution >= 0.6 is 0 Å². The fourth-order valence-electron chi connectivity index (χ4n) is 2.89. The van der Waals surface area contributed by atoms with Crippen LogP contribution in [0, 0.1) is 0 Å². The summed E-state index contributed by atoms with van der Waals surface area (Å²) in [6, 6.07) is 12.6. The SMILES string of the molecule is CC(C)c1cccc(C(C)C)c1NC(=O)c1ccc(OC(C)(C)C(=O)O)cc1. The molecule has 0 saturated carbocycles. The van der Waals surface area contributed by atoms with E-state index in [0.29, 0.717) is 11.3 Å². The van der Waals surface area contributed by atoms with Gasteiger partial charge in [-0.2, -0.15) is 0 Å². The van der Waals surface area contributed by atoms with Gasteiger partial charge in [-0.25, -0.2) is 4.79 Å². The highest BCUT2D eigenvalue weighted by Crippen LogP contribution is 2.32. The summed E-state index contributed by atoms with van der Waals surface area (Å²) in [5.74, 6) is -0.305. The summed E-state index contributed by atoms with van der Waals surface area (Å²) in [5, 5.41) is 12.2.